The zero-order chi connectivity index (χ0) is 19.2. The average molecular weight is 383 g/mol. The van der Waals surface area contributed by atoms with Crippen LogP contribution in [0.2, 0.25) is 0 Å². The van der Waals surface area contributed by atoms with E-state index >= 15 is 0 Å². The van der Waals surface area contributed by atoms with E-state index in [0.717, 1.165) is 26.1 Å². The molecule has 1 fully saturated rings. The Morgan fingerprint density at radius 1 is 1.41 bits per heavy atom. The van der Waals surface area contributed by atoms with Crippen molar-refractivity contribution in [1.29, 1.82) is 5.26 Å². The number of anilines is 1. The summed E-state index contributed by atoms with van der Waals surface area (Å²) in [7, 11) is 0. The molecule has 142 valence electrons. The highest BCUT2D eigenvalue weighted by atomic mass is 32.1. The first-order chi connectivity index (χ1) is 13.1. The Balaban J connectivity index is 1.56. The highest BCUT2D eigenvalue weighted by Gasteiger charge is 2.31. The summed E-state index contributed by atoms with van der Waals surface area (Å²) in [5, 5.41) is 14.4. The first-order valence-corrected chi connectivity index (χ1v) is 10.3. The molecule has 3 rings (SSSR count). The number of rotatable bonds is 7. The van der Waals surface area contributed by atoms with Crippen molar-refractivity contribution in [2.45, 2.75) is 32.4 Å². The number of nitrogens with zero attached hydrogens (tertiary/aromatic N) is 3. The fraction of sp³-hybridized carbons (Fsp3) is 0.429. The first kappa shape index (κ1) is 19.6. The maximum absolute atomic E-state index is 12.5. The highest BCUT2D eigenvalue weighted by Crippen LogP contribution is 2.27. The van der Waals surface area contributed by atoms with E-state index in [1.165, 1.54) is 16.9 Å². The van der Waals surface area contributed by atoms with Crippen LogP contribution in [0.15, 0.2) is 41.8 Å². The average Bonchev–Trinajstić information content (AvgIpc) is 3.35. The lowest BCUT2D eigenvalue weighted by Crippen LogP contribution is -2.42. The summed E-state index contributed by atoms with van der Waals surface area (Å²) in [5.74, 6) is -0.0506. The SMILES string of the molecule is CCN(CC(=O)Nc1sccc1C#N)C1CCN(C(C)c2ccccc2)C1. The fourth-order valence-corrected chi connectivity index (χ4v) is 4.46. The fourth-order valence-electron chi connectivity index (χ4n) is 3.70. The van der Waals surface area contributed by atoms with Crippen molar-refractivity contribution in [3.05, 3.63) is 52.9 Å². The third-order valence-electron chi connectivity index (χ3n) is 5.33. The van der Waals surface area contributed by atoms with Crippen molar-refractivity contribution in [1.82, 2.24) is 9.80 Å². The molecule has 1 aliphatic rings. The van der Waals surface area contributed by atoms with E-state index in [4.69, 9.17) is 5.26 Å². The maximum atomic E-state index is 12.5. The molecule has 1 amide bonds. The molecular weight excluding hydrogens is 356 g/mol. The van der Waals surface area contributed by atoms with Crippen LogP contribution in [-0.2, 0) is 4.79 Å². The normalized spacial score (nSPS) is 18.4. The Morgan fingerprint density at radius 3 is 2.89 bits per heavy atom. The van der Waals surface area contributed by atoms with Gasteiger partial charge in [-0.2, -0.15) is 5.26 Å². The molecule has 1 saturated heterocycles. The molecule has 0 radical (unpaired) electrons. The third-order valence-corrected chi connectivity index (χ3v) is 6.16. The molecule has 1 aromatic heterocycles. The van der Waals surface area contributed by atoms with Gasteiger partial charge in [-0.1, -0.05) is 37.3 Å². The van der Waals surface area contributed by atoms with Crippen LogP contribution >= 0.6 is 11.3 Å². The summed E-state index contributed by atoms with van der Waals surface area (Å²) in [6.45, 7) is 7.56. The van der Waals surface area contributed by atoms with E-state index in [1.54, 1.807) is 6.07 Å². The van der Waals surface area contributed by atoms with Gasteiger partial charge in [0, 0.05) is 25.2 Å². The minimum absolute atomic E-state index is 0.0506. The number of benzene rings is 1. The van der Waals surface area contributed by atoms with Gasteiger partial charge in [-0.25, -0.2) is 0 Å². The lowest BCUT2D eigenvalue weighted by Gasteiger charge is -2.29. The van der Waals surface area contributed by atoms with Gasteiger partial charge in [-0.3, -0.25) is 14.6 Å². The number of hydrogen-bond donors (Lipinski definition) is 1. The van der Waals surface area contributed by atoms with Gasteiger partial charge in [0.2, 0.25) is 5.91 Å². The molecular formula is C21H26N4OS. The largest absolute Gasteiger partial charge is 0.315 e. The molecule has 2 unspecified atom stereocenters. The van der Waals surface area contributed by atoms with E-state index in [1.807, 2.05) is 11.4 Å². The summed E-state index contributed by atoms with van der Waals surface area (Å²) < 4.78 is 0. The van der Waals surface area contributed by atoms with Gasteiger partial charge in [0.05, 0.1) is 12.1 Å². The topological polar surface area (TPSA) is 59.4 Å². The van der Waals surface area contributed by atoms with Crippen LogP contribution in [0.1, 0.15) is 37.4 Å². The van der Waals surface area contributed by atoms with Crippen LogP contribution in [0.25, 0.3) is 0 Å². The van der Waals surface area contributed by atoms with Crippen LogP contribution in [0.5, 0.6) is 0 Å². The summed E-state index contributed by atoms with van der Waals surface area (Å²) in [4.78, 5) is 17.2. The van der Waals surface area contributed by atoms with Crippen LogP contribution in [-0.4, -0.2) is 47.9 Å². The quantitative estimate of drug-likeness (QED) is 0.793. The predicted molar refractivity (Wildman–Crippen MR) is 110 cm³/mol. The Kier molecular flexibility index (Phi) is 6.62. The molecule has 27 heavy (non-hydrogen) atoms. The second-order valence-corrected chi connectivity index (χ2v) is 7.83. The molecule has 0 aliphatic carbocycles. The van der Waals surface area contributed by atoms with Gasteiger partial charge in [-0.05, 0) is 36.9 Å². The van der Waals surface area contributed by atoms with E-state index in [-0.39, 0.29) is 5.91 Å². The Bertz CT molecular complexity index is 798. The first-order valence-electron chi connectivity index (χ1n) is 9.42. The number of thiophene rings is 1. The van der Waals surface area contributed by atoms with Crippen LogP contribution < -0.4 is 5.32 Å². The zero-order valence-electron chi connectivity index (χ0n) is 15.9. The van der Waals surface area contributed by atoms with Gasteiger partial charge in [0.1, 0.15) is 11.1 Å². The number of nitriles is 1. The number of hydrogen-bond acceptors (Lipinski definition) is 5. The van der Waals surface area contributed by atoms with Crippen molar-refractivity contribution >= 4 is 22.2 Å². The Morgan fingerprint density at radius 2 is 2.19 bits per heavy atom. The highest BCUT2D eigenvalue weighted by molar-refractivity contribution is 7.14. The van der Waals surface area contributed by atoms with E-state index in [0.29, 0.717) is 29.2 Å². The van der Waals surface area contributed by atoms with Crippen LogP contribution in [0, 0.1) is 11.3 Å². The predicted octanol–water partition coefficient (Wildman–Crippen LogP) is 3.72. The van der Waals surface area contributed by atoms with E-state index in [2.05, 4.69) is 59.3 Å². The molecule has 6 heteroatoms. The van der Waals surface area contributed by atoms with Gasteiger partial charge >= 0.3 is 0 Å². The number of nitrogens with one attached hydrogen (secondary N) is 1. The van der Waals surface area contributed by atoms with Crippen LogP contribution in [0.3, 0.4) is 0 Å². The van der Waals surface area contributed by atoms with Gasteiger partial charge < -0.3 is 5.32 Å². The molecule has 1 aromatic carbocycles. The smallest absolute Gasteiger partial charge is 0.239 e. The Labute approximate surface area is 165 Å². The number of carbonyl (C=O) groups excluding carboxylic acids is 1. The zero-order valence-corrected chi connectivity index (χ0v) is 16.7. The number of carbonyl (C=O) groups is 1. The third kappa shape index (κ3) is 4.75. The monoisotopic (exact) mass is 382 g/mol. The molecule has 0 bridgehead atoms. The second kappa shape index (κ2) is 9.14. The van der Waals surface area contributed by atoms with Gasteiger partial charge in [0.15, 0.2) is 0 Å². The lowest BCUT2D eigenvalue weighted by molar-refractivity contribution is -0.117. The molecule has 2 heterocycles. The summed E-state index contributed by atoms with van der Waals surface area (Å²) >= 11 is 1.39. The van der Waals surface area contributed by atoms with Gasteiger partial charge in [-0.15, -0.1) is 11.3 Å². The van der Waals surface area contributed by atoms with Crippen LogP contribution in [0.4, 0.5) is 5.00 Å². The molecule has 2 atom stereocenters. The second-order valence-electron chi connectivity index (χ2n) is 6.91. The number of likely N-dealkylation sites (tertiary alicyclic amines) is 1. The molecule has 0 saturated carbocycles. The van der Waals surface area contributed by atoms with Crippen molar-refractivity contribution in [3.8, 4) is 6.07 Å². The number of likely N-dealkylation sites (N-methyl/N-ethyl adjacent to an activating group) is 1. The van der Waals surface area contributed by atoms with Crippen molar-refractivity contribution in [2.75, 3.05) is 31.5 Å². The van der Waals surface area contributed by atoms with E-state index < -0.39 is 0 Å². The molecule has 1 N–H and O–H groups in total. The van der Waals surface area contributed by atoms with Crippen molar-refractivity contribution < 1.29 is 4.79 Å². The summed E-state index contributed by atoms with van der Waals surface area (Å²) in [6.07, 6.45) is 1.07. The van der Waals surface area contributed by atoms with Crippen molar-refractivity contribution in [3.63, 3.8) is 0 Å². The lowest BCUT2D eigenvalue weighted by atomic mass is 10.1. The molecule has 2 aromatic rings. The number of amides is 1. The summed E-state index contributed by atoms with van der Waals surface area (Å²) in [6, 6.07) is 15.2. The maximum Gasteiger partial charge on any atom is 0.239 e. The van der Waals surface area contributed by atoms with Crippen molar-refractivity contribution in [2.24, 2.45) is 0 Å². The minimum atomic E-state index is -0.0506. The molecule has 5 nitrogen and oxygen atoms in total. The molecule has 0 spiro atoms. The summed E-state index contributed by atoms with van der Waals surface area (Å²) in [5.41, 5.74) is 1.86. The van der Waals surface area contributed by atoms with Gasteiger partial charge in [0.25, 0.3) is 0 Å². The molecule has 1 aliphatic heterocycles. The van der Waals surface area contributed by atoms with E-state index in [9.17, 15) is 4.79 Å². The Hall–Kier alpha value is -2.20. The standard InChI is InChI=1S/C21H26N4OS/c1-3-24(15-20(26)23-21-18(13-22)10-12-27-21)19-9-11-25(14-19)16(2)17-7-5-4-6-8-17/h4-8,10,12,16,19H,3,9,11,14-15H2,1-2H3,(H,23,26). The minimum Gasteiger partial charge on any atom is -0.315 e.